The van der Waals surface area contributed by atoms with Crippen LogP contribution < -0.4 is 10.6 Å². The largest absolute Gasteiger partial charge is 0.348 e. The van der Waals surface area contributed by atoms with Crippen molar-refractivity contribution in [1.82, 2.24) is 15.6 Å². The van der Waals surface area contributed by atoms with E-state index >= 15 is 0 Å². The molecule has 1 aromatic heterocycles. The quantitative estimate of drug-likeness (QED) is 0.862. The summed E-state index contributed by atoms with van der Waals surface area (Å²) < 4.78 is 0. The molecule has 25 heavy (non-hydrogen) atoms. The van der Waals surface area contributed by atoms with Crippen LogP contribution in [0.3, 0.4) is 0 Å². The highest BCUT2D eigenvalue weighted by Crippen LogP contribution is 2.18. The van der Waals surface area contributed by atoms with Gasteiger partial charge in [-0.15, -0.1) is 0 Å². The summed E-state index contributed by atoms with van der Waals surface area (Å²) >= 11 is 5.85. The molecule has 1 fully saturated rings. The van der Waals surface area contributed by atoms with Gasteiger partial charge < -0.3 is 10.6 Å². The molecule has 1 heterocycles. The molecule has 0 radical (unpaired) electrons. The highest BCUT2D eigenvalue weighted by Gasteiger charge is 2.19. The van der Waals surface area contributed by atoms with Gasteiger partial charge in [-0.2, -0.15) is 0 Å². The van der Waals surface area contributed by atoms with Crippen molar-refractivity contribution in [2.45, 2.75) is 38.3 Å². The molecule has 1 aliphatic rings. The van der Waals surface area contributed by atoms with Crippen LogP contribution in [-0.4, -0.2) is 22.8 Å². The van der Waals surface area contributed by atoms with E-state index in [4.69, 9.17) is 11.6 Å². The zero-order chi connectivity index (χ0) is 17.6. The Bertz CT molecular complexity index is 756. The van der Waals surface area contributed by atoms with Gasteiger partial charge in [0, 0.05) is 29.4 Å². The highest BCUT2D eigenvalue weighted by molar-refractivity contribution is 6.30. The van der Waals surface area contributed by atoms with E-state index in [2.05, 4.69) is 15.6 Å². The van der Waals surface area contributed by atoms with Crippen molar-refractivity contribution in [3.8, 4) is 0 Å². The van der Waals surface area contributed by atoms with Crippen LogP contribution >= 0.6 is 11.6 Å². The molecule has 0 saturated heterocycles. The van der Waals surface area contributed by atoms with Crippen LogP contribution in [0.15, 0.2) is 42.6 Å². The Morgan fingerprint density at radius 1 is 1.08 bits per heavy atom. The average molecular weight is 358 g/mol. The minimum atomic E-state index is -0.243. The number of carbonyl (C=O) groups excluding carboxylic acids is 2. The average Bonchev–Trinajstić information content (AvgIpc) is 3.14. The highest BCUT2D eigenvalue weighted by atomic mass is 35.5. The molecule has 0 spiro atoms. The lowest BCUT2D eigenvalue weighted by atomic mass is 10.1. The molecule has 5 nitrogen and oxygen atoms in total. The second kappa shape index (κ2) is 8.12. The normalized spacial score (nSPS) is 14.3. The zero-order valence-electron chi connectivity index (χ0n) is 13.8. The molecule has 1 aliphatic carbocycles. The Labute approximate surface area is 151 Å². The van der Waals surface area contributed by atoms with Crippen molar-refractivity contribution in [1.29, 1.82) is 0 Å². The van der Waals surface area contributed by atoms with E-state index < -0.39 is 0 Å². The number of pyridine rings is 1. The van der Waals surface area contributed by atoms with Crippen molar-refractivity contribution in [3.05, 3.63) is 64.4 Å². The fourth-order valence-corrected chi connectivity index (χ4v) is 3.04. The van der Waals surface area contributed by atoms with E-state index in [-0.39, 0.29) is 23.6 Å². The summed E-state index contributed by atoms with van der Waals surface area (Å²) in [6.07, 6.45) is 5.79. The van der Waals surface area contributed by atoms with Crippen molar-refractivity contribution < 1.29 is 9.59 Å². The van der Waals surface area contributed by atoms with E-state index in [1.807, 2.05) is 12.1 Å². The van der Waals surface area contributed by atoms with Gasteiger partial charge in [-0.25, -0.2) is 0 Å². The maximum absolute atomic E-state index is 12.3. The third kappa shape index (κ3) is 4.79. The summed E-state index contributed by atoms with van der Waals surface area (Å²) in [5, 5.41) is 6.47. The molecule has 2 amide bonds. The molecule has 0 aliphatic heterocycles. The van der Waals surface area contributed by atoms with Gasteiger partial charge in [0.05, 0.1) is 0 Å². The first-order chi connectivity index (χ1) is 12.1. The summed E-state index contributed by atoms with van der Waals surface area (Å²) in [6.45, 7) is 0.391. The number of nitrogens with one attached hydrogen (secondary N) is 2. The van der Waals surface area contributed by atoms with Gasteiger partial charge in [-0.05, 0) is 42.7 Å². The standard InChI is InChI=1S/C19H20ClN3O2/c20-15-7-5-13(6-8-15)12-22-18(24)14-9-10-21-17(11-14)19(25)23-16-3-1-2-4-16/h5-11,16H,1-4,12H2,(H,22,24)(H,23,25). The van der Waals surface area contributed by atoms with Gasteiger partial charge in [0.1, 0.15) is 5.69 Å². The third-order valence-electron chi connectivity index (χ3n) is 4.31. The SMILES string of the molecule is O=C(NCc1ccc(Cl)cc1)c1ccnc(C(=O)NC2CCCC2)c1. The lowest BCUT2D eigenvalue weighted by molar-refractivity contribution is 0.0933. The van der Waals surface area contributed by atoms with E-state index in [0.29, 0.717) is 17.1 Å². The number of hydrogen-bond donors (Lipinski definition) is 2. The lowest BCUT2D eigenvalue weighted by Crippen LogP contribution is -2.33. The fraction of sp³-hybridized carbons (Fsp3) is 0.316. The Morgan fingerprint density at radius 3 is 2.52 bits per heavy atom. The van der Waals surface area contributed by atoms with Gasteiger partial charge >= 0.3 is 0 Å². The van der Waals surface area contributed by atoms with E-state index in [1.165, 1.54) is 12.3 Å². The van der Waals surface area contributed by atoms with E-state index in [1.54, 1.807) is 18.2 Å². The number of amides is 2. The minimum Gasteiger partial charge on any atom is -0.348 e. The Morgan fingerprint density at radius 2 is 1.80 bits per heavy atom. The third-order valence-corrected chi connectivity index (χ3v) is 4.56. The molecule has 2 aromatic rings. The van der Waals surface area contributed by atoms with E-state index in [0.717, 1.165) is 31.2 Å². The molecule has 1 aromatic carbocycles. The van der Waals surface area contributed by atoms with Crippen LogP contribution in [0.25, 0.3) is 0 Å². The van der Waals surface area contributed by atoms with Gasteiger partial charge in [-0.3, -0.25) is 14.6 Å². The van der Waals surface area contributed by atoms with Crippen LogP contribution in [0.5, 0.6) is 0 Å². The number of halogens is 1. The van der Waals surface area contributed by atoms with Gasteiger partial charge in [0.2, 0.25) is 0 Å². The molecule has 3 rings (SSSR count). The monoisotopic (exact) mass is 357 g/mol. The first kappa shape index (κ1) is 17.4. The molecular formula is C19H20ClN3O2. The molecule has 130 valence electrons. The molecule has 6 heteroatoms. The number of rotatable bonds is 5. The number of benzene rings is 1. The van der Waals surface area contributed by atoms with Crippen LogP contribution in [0.1, 0.15) is 52.1 Å². The van der Waals surface area contributed by atoms with Crippen LogP contribution in [0, 0.1) is 0 Å². The summed E-state index contributed by atoms with van der Waals surface area (Å²) in [7, 11) is 0. The number of hydrogen-bond acceptors (Lipinski definition) is 3. The molecule has 0 atom stereocenters. The summed E-state index contributed by atoms with van der Waals surface area (Å²) in [6, 6.07) is 10.6. The predicted molar refractivity (Wildman–Crippen MR) is 96.6 cm³/mol. The van der Waals surface area contributed by atoms with Gasteiger partial charge in [-0.1, -0.05) is 36.6 Å². The maximum atomic E-state index is 12.3. The molecule has 2 N–H and O–H groups in total. The van der Waals surface area contributed by atoms with Crippen molar-refractivity contribution >= 4 is 23.4 Å². The first-order valence-electron chi connectivity index (χ1n) is 8.41. The second-order valence-corrected chi connectivity index (χ2v) is 6.63. The van der Waals surface area contributed by atoms with E-state index in [9.17, 15) is 9.59 Å². The number of aromatic nitrogens is 1. The molecule has 0 unspecified atom stereocenters. The Kier molecular flexibility index (Phi) is 5.66. The summed E-state index contributed by atoms with van der Waals surface area (Å²) in [5.74, 6) is -0.466. The summed E-state index contributed by atoms with van der Waals surface area (Å²) in [4.78, 5) is 28.7. The smallest absolute Gasteiger partial charge is 0.270 e. The van der Waals surface area contributed by atoms with Crippen molar-refractivity contribution in [2.75, 3.05) is 0 Å². The maximum Gasteiger partial charge on any atom is 0.270 e. The van der Waals surface area contributed by atoms with Crippen LogP contribution in [-0.2, 0) is 6.54 Å². The second-order valence-electron chi connectivity index (χ2n) is 6.19. The molecule has 1 saturated carbocycles. The van der Waals surface area contributed by atoms with Crippen molar-refractivity contribution in [3.63, 3.8) is 0 Å². The predicted octanol–water partition coefficient (Wildman–Crippen LogP) is 3.34. The van der Waals surface area contributed by atoms with Crippen LogP contribution in [0.4, 0.5) is 0 Å². The summed E-state index contributed by atoms with van der Waals surface area (Å²) in [5.41, 5.74) is 1.64. The number of carbonyl (C=O) groups is 2. The number of nitrogens with zero attached hydrogens (tertiary/aromatic N) is 1. The molecular weight excluding hydrogens is 338 g/mol. The van der Waals surface area contributed by atoms with Crippen molar-refractivity contribution in [2.24, 2.45) is 0 Å². The van der Waals surface area contributed by atoms with Crippen LogP contribution in [0.2, 0.25) is 5.02 Å². The van der Waals surface area contributed by atoms with Gasteiger partial charge in [0.25, 0.3) is 11.8 Å². The first-order valence-corrected chi connectivity index (χ1v) is 8.79. The lowest BCUT2D eigenvalue weighted by Gasteiger charge is -2.12. The van der Waals surface area contributed by atoms with Gasteiger partial charge in [0.15, 0.2) is 0 Å². The topological polar surface area (TPSA) is 71.1 Å². The molecule has 0 bridgehead atoms. The zero-order valence-corrected chi connectivity index (χ0v) is 14.6. The Balaban J connectivity index is 1.60. The fourth-order valence-electron chi connectivity index (χ4n) is 2.91. The minimum absolute atomic E-state index is 0.219. The Hall–Kier alpha value is -2.40.